The molecule has 2 N–H and O–H groups in total. The molecule has 0 saturated heterocycles. The van der Waals surface area contributed by atoms with Crippen LogP contribution in [0, 0.1) is 0 Å². The van der Waals surface area contributed by atoms with E-state index < -0.39 is 5.97 Å². The molecule has 5 nitrogen and oxygen atoms in total. The molecule has 0 spiro atoms. The zero-order valence-electron chi connectivity index (χ0n) is 11.6. The average Bonchev–Trinajstić information content (AvgIpc) is 2.44. The van der Waals surface area contributed by atoms with Crippen molar-refractivity contribution in [3.05, 3.63) is 35.4 Å². The van der Waals surface area contributed by atoms with Gasteiger partial charge in [-0.3, -0.25) is 4.79 Å². The summed E-state index contributed by atoms with van der Waals surface area (Å²) >= 11 is 0. The Morgan fingerprint density at radius 1 is 1.40 bits per heavy atom. The van der Waals surface area contributed by atoms with Gasteiger partial charge in [-0.2, -0.15) is 0 Å². The molecule has 1 unspecified atom stereocenters. The number of aliphatic carboxylic acids is 1. The fraction of sp³-hybridized carbons (Fsp3) is 0.467. The van der Waals surface area contributed by atoms with Gasteiger partial charge in [0, 0.05) is 19.5 Å². The fourth-order valence-corrected chi connectivity index (χ4v) is 2.59. The summed E-state index contributed by atoms with van der Waals surface area (Å²) in [5.41, 5.74) is 2.49. The number of carboxylic acid groups (broad SMARTS) is 1. The first-order chi connectivity index (χ1) is 9.59. The Morgan fingerprint density at radius 2 is 2.15 bits per heavy atom. The normalized spacial score (nSPS) is 17.4. The highest BCUT2D eigenvalue weighted by Crippen LogP contribution is 2.28. The van der Waals surface area contributed by atoms with E-state index in [9.17, 15) is 9.59 Å². The zero-order valence-corrected chi connectivity index (χ0v) is 11.6. The third-order valence-electron chi connectivity index (χ3n) is 3.70. The highest BCUT2D eigenvalue weighted by Gasteiger charge is 2.26. The summed E-state index contributed by atoms with van der Waals surface area (Å²) in [6.07, 6.45) is 1.40. The molecule has 5 heteroatoms. The van der Waals surface area contributed by atoms with Gasteiger partial charge in [0.25, 0.3) is 0 Å². The van der Waals surface area contributed by atoms with E-state index in [-0.39, 0.29) is 18.5 Å². The van der Waals surface area contributed by atoms with Crippen LogP contribution in [0.4, 0.5) is 4.79 Å². The number of carbonyl (C=O) groups is 2. The van der Waals surface area contributed by atoms with Crippen molar-refractivity contribution in [2.45, 2.75) is 32.2 Å². The molecule has 0 aromatic heterocycles. The Balaban J connectivity index is 1.90. The molecular formula is C15H20N2O3. The van der Waals surface area contributed by atoms with Crippen LogP contribution >= 0.6 is 0 Å². The molecule has 1 aromatic carbocycles. The van der Waals surface area contributed by atoms with Gasteiger partial charge in [0.1, 0.15) is 0 Å². The average molecular weight is 276 g/mol. The van der Waals surface area contributed by atoms with Crippen molar-refractivity contribution in [3.63, 3.8) is 0 Å². The van der Waals surface area contributed by atoms with Gasteiger partial charge in [0.15, 0.2) is 0 Å². The molecule has 1 aromatic rings. The molecular weight excluding hydrogens is 256 g/mol. The van der Waals surface area contributed by atoms with Crippen molar-refractivity contribution in [2.75, 3.05) is 13.1 Å². The fourth-order valence-electron chi connectivity index (χ4n) is 2.59. The summed E-state index contributed by atoms with van der Waals surface area (Å²) in [4.78, 5) is 24.4. The molecule has 1 aliphatic heterocycles. The zero-order chi connectivity index (χ0) is 14.5. The van der Waals surface area contributed by atoms with E-state index >= 15 is 0 Å². The lowest BCUT2D eigenvalue weighted by Crippen LogP contribution is -2.45. The Labute approximate surface area is 118 Å². The molecule has 20 heavy (non-hydrogen) atoms. The first-order valence-electron chi connectivity index (χ1n) is 6.93. The van der Waals surface area contributed by atoms with Crippen LogP contribution in [0.25, 0.3) is 0 Å². The first kappa shape index (κ1) is 14.4. The second-order valence-corrected chi connectivity index (χ2v) is 5.05. The highest BCUT2D eigenvalue weighted by atomic mass is 16.4. The highest BCUT2D eigenvalue weighted by molar-refractivity contribution is 5.75. The number of benzene rings is 1. The Kier molecular flexibility index (Phi) is 4.61. The summed E-state index contributed by atoms with van der Waals surface area (Å²) in [6, 6.07) is 8.12. The molecule has 0 bridgehead atoms. The van der Waals surface area contributed by atoms with E-state index in [2.05, 4.69) is 17.4 Å². The topological polar surface area (TPSA) is 69.6 Å². The van der Waals surface area contributed by atoms with Gasteiger partial charge in [-0.15, -0.1) is 0 Å². The number of rotatable bonds is 4. The molecule has 0 aliphatic carbocycles. The van der Waals surface area contributed by atoms with Crippen molar-refractivity contribution >= 4 is 12.0 Å². The number of hydrogen-bond donors (Lipinski definition) is 2. The van der Waals surface area contributed by atoms with E-state index in [0.717, 1.165) is 6.42 Å². The smallest absolute Gasteiger partial charge is 0.317 e. The molecule has 1 atom stereocenters. The maximum absolute atomic E-state index is 12.1. The number of amides is 2. The van der Waals surface area contributed by atoms with Crippen LogP contribution in [0.2, 0.25) is 0 Å². The van der Waals surface area contributed by atoms with Crippen molar-refractivity contribution in [1.82, 2.24) is 10.2 Å². The standard InChI is InChI=1S/C15H20N2O3/c1-11-13-6-3-2-5-12(13)8-10-17(11)15(20)16-9-4-7-14(18)19/h2-3,5-6,11H,4,7-10H2,1H3,(H,16,20)(H,18,19). The predicted octanol–water partition coefficient (Wildman–Crippen LogP) is 2.18. The maximum atomic E-state index is 12.1. The maximum Gasteiger partial charge on any atom is 0.317 e. The first-order valence-corrected chi connectivity index (χ1v) is 6.93. The lowest BCUT2D eigenvalue weighted by Gasteiger charge is -2.35. The van der Waals surface area contributed by atoms with E-state index in [1.165, 1.54) is 11.1 Å². The van der Waals surface area contributed by atoms with Crippen LogP contribution in [-0.2, 0) is 11.2 Å². The van der Waals surface area contributed by atoms with Gasteiger partial charge in [0.2, 0.25) is 0 Å². The van der Waals surface area contributed by atoms with E-state index in [1.54, 1.807) is 0 Å². The number of nitrogens with zero attached hydrogens (tertiary/aromatic N) is 1. The quantitative estimate of drug-likeness (QED) is 0.828. The Bertz CT molecular complexity index is 502. The largest absolute Gasteiger partial charge is 0.481 e. The third kappa shape index (κ3) is 3.29. The number of carbonyl (C=O) groups excluding carboxylic acids is 1. The van der Waals surface area contributed by atoms with Crippen molar-refractivity contribution in [1.29, 1.82) is 0 Å². The van der Waals surface area contributed by atoms with Gasteiger partial charge in [0.05, 0.1) is 6.04 Å². The number of carboxylic acids is 1. The molecule has 0 saturated carbocycles. The van der Waals surface area contributed by atoms with E-state index in [4.69, 9.17) is 5.11 Å². The molecule has 2 rings (SSSR count). The Hall–Kier alpha value is -2.04. The van der Waals surface area contributed by atoms with Crippen molar-refractivity contribution < 1.29 is 14.7 Å². The summed E-state index contributed by atoms with van der Waals surface area (Å²) < 4.78 is 0. The van der Waals surface area contributed by atoms with Gasteiger partial charge in [-0.05, 0) is 30.9 Å². The minimum absolute atomic E-state index is 0.0550. The lowest BCUT2D eigenvalue weighted by molar-refractivity contribution is -0.137. The summed E-state index contributed by atoms with van der Waals surface area (Å²) in [6.45, 7) is 3.12. The monoisotopic (exact) mass is 276 g/mol. The molecule has 2 amide bonds. The molecule has 108 valence electrons. The van der Waals surface area contributed by atoms with Crippen molar-refractivity contribution in [3.8, 4) is 0 Å². The summed E-state index contributed by atoms with van der Waals surface area (Å²) in [5.74, 6) is -0.834. The van der Waals surface area contributed by atoms with Crippen LogP contribution in [0.15, 0.2) is 24.3 Å². The molecule has 1 heterocycles. The van der Waals surface area contributed by atoms with Crippen LogP contribution in [0.3, 0.4) is 0 Å². The van der Waals surface area contributed by atoms with Crippen LogP contribution in [0.1, 0.15) is 36.9 Å². The van der Waals surface area contributed by atoms with Crippen molar-refractivity contribution in [2.24, 2.45) is 0 Å². The van der Waals surface area contributed by atoms with Gasteiger partial charge in [-0.25, -0.2) is 4.79 Å². The van der Waals surface area contributed by atoms with Crippen LogP contribution < -0.4 is 5.32 Å². The van der Waals surface area contributed by atoms with Gasteiger partial charge < -0.3 is 15.3 Å². The summed E-state index contributed by atoms with van der Waals surface area (Å²) in [5, 5.41) is 11.3. The van der Waals surface area contributed by atoms with Gasteiger partial charge in [-0.1, -0.05) is 24.3 Å². The number of hydrogen-bond acceptors (Lipinski definition) is 2. The van der Waals surface area contributed by atoms with Gasteiger partial charge >= 0.3 is 12.0 Å². The predicted molar refractivity (Wildman–Crippen MR) is 75.5 cm³/mol. The lowest BCUT2D eigenvalue weighted by atomic mass is 9.94. The van der Waals surface area contributed by atoms with E-state index in [1.807, 2.05) is 24.0 Å². The Morgan fingerprint density at radius 3 is 2.90 bits per heavy atom. The molecule has 1 aliphatic rings. The summed E-state index contributed by atoms with van der Waals surface area (Å²) in [7, 11) is 0. The minimum atomic E-state index is -0.834. The third-order valence-corrected chi connectivity index (χ3v) is 3.70. The second kappa shape index (κ2) is 6.41. The van der Waals surface area contributed by atoms with Crippen LogP contribution in [-0.4, -0.2) is 35.1 Å². The molecule has 0 fully saturated rings. The molecule has 0 radical (unpaired) electrons. The SMILES string of the molecule is CC1c2ccccc2CCN1C(=O)NCCCC(=O)O. The number of fused-ring (bicyclic) bond motifs is 1. The minimum Gasteiger partial charge on any atom is -0.481 e. The van der Waals surface area contributed by atoms with E-state index in [0.29, 0.717) is 19.5 Å². The van der Waals surface area contributed by atoms with Crippen LogP contribution in [0.5, 0.6) is 0 Å². The number of nitrogens with one attached hydrogen (secondary N) is 1. The number of urea groups is 1. The second-order valence-electron chi connectivity index (χ2n) is 5.05.